The summed E-state index contributed by atoms with van der Waals surface area (Å²) >= 11 is 8.03. The van der Waals surface area contributed by atoms with Gasteiger partial charge in [0.15, 0.2) is 5.17 Å². The molecule has 2 aromatic rings. The summed E-state index contributed by atoms with van der Waals surface area (Å²) in [6.45, 7) is 4.47. The highest BCUT2D eigenvalue weighted by Crippen LogP contribution is 2.38. The molecule has 26 heavy (non-hydrogen) atoms. The molecular formula is C19H16Br2N2O2S. The van der Waals surface area contributed by atoms with E-state index in [1.165, 1.54) is 11.8 Å². The molecule has 1 heterocycles. The molecule has 2 aromatic carbocycles. The van der Waals surface area contributed by atoms with Crippen LogP contribution in [0.3, 0.4) is 0 Å². The first kappa shape index (κ1) is 19.2. The molecule has 1 saturated heterocycles. The predicted octanol–water partition coefficient (Wildman–Crippen LogP) is 5.85. The standard InChI is InChI=1S/C19H16Br2N2O2S/c1-3-23-18(25)16(9-12-8-13(20)10-15(21)17(12)24)26-19(23)22-14-6-4-11(2)5-7-14/h4-10,24H,3H2,1-2H3/b16-9+,22-19?. The number of hydrogen-bond acceptors (Lipinski definition) is 4. The molecule has 7 heteroatoms. The van der Waals surface area contributed by atoms with E-state index in [1.807, 2.05) is 38.1 Å². The van der Waals surface area contributed by atoms with Crippen molar-refractivity contribution in [1.82, 2.24) is 4.90 Å². The number of phenols is 1. The van der Waals surface area contributed by atoms with Gasteiger partial charge in [0.25, 0.3) is 5.91 Å². The van der Waals surface area contributed by atoms with Crippen LogP contribution in [0, 0.1) is 6.92 Å². The summed E-state index contributed by atoms with van der Waals surface area (Å²) in [5.41, 5.74) is 2.53. The molecule has 0 aliphatic carbocycles. The van der Waals surface area contributed by atoms with E-state index in [-0.39, 0.29) is 11.7 Å². The molecule has 1 amide bonds. The maximum atomic E-state index is 12.7. The van der Waals surface area contributed by atoms with Gasteiger partial charge in [0.2, 0.25) is 0 Å². The normalized spacial score (nSPS) is 17.5. The number of aliphatic imine (C=N–C) groups is 1. The first-order chi connectivity index (χ1) is 12.4. The van der Waals surface area contributed by atoms with Crippen LogP contribution in [-0.2, 0) is 4.79 Å². The van der Waals surface area contributed by atoms with Crippen molar-refractivity contribution < 1.29 is 9.90 Å². The van der Waals surface area contributed by atoms with Crippen LogP contribution in [0.25, 0.3) is 6.08 Å². The highest BCUT2D eigenvalue weighted by atomic mass is 79.9. The Morgan fingerprint density at radius 3 is 2.58 bits per heavy atom. The summed E-state index contributed by atoms with van der Waals surface area (Å²) in [5, 5.41) is 10.9. The Morgan fingerprint density at radius 1 is 1.23 bits per heavy atom. The van der Waals surface area contributed by atoms with Crippen LogP contribution in [0.2, 0.25) is 0 Å². The molecule has 0 spiro atoms. The molecule has 1 N–H and O–H groups in total. The lowest BCUT2D eigenvalue weighted by Gasteiger charge is -2.12. The molecule has 134 valence electrons. The van der Waals surface area contributed by atoms with E-state index >= 15 is 0 Å². The number of carbonyl (C=O) groups is 1. The molecule has 0 radical (unpaired) electrons. The van der Waals surface area contributed by atoms with Crippen molar-refractivity contribution in [3.63, 3.8) is 0 Å². The topological polar surface area (TPSA) is 52.9 Å². The molecule has 1 aliphatic heterocycles. The smallest absolute Gasteiger partial charge is 0.266 e. The van der Waals surface area contributed by atoms with Gasteiger partial charge in [-0.05, 0) is 71.9 Å². The van der Waals surface area contributed by atoms with Crippen molar-refractivity contribution in [3.05, 3.63) is 61.4 Å². The average molecular weight is 496 g/mol. The van der Waals surface area contributed by atoms with Gasteiger partial charge < -0.3 is 5.11 Å². The number of phenolic OH excluding ortho intramolecular Hbond substituents is 1. The monoisotopic (exact) mass is 494 g/mol. The second-order valence-electron chi connectivity index (χ2n) is 5.72. The van der Waals surface area contributed by atoms with Crippen LogP contribution in [0.1, 0.15) is 18.1 Å². The van der Waals surface area contributed by atoms with E-state index in [0.717, 1.165) is 15.7 Å². The summed E-state index contributed by atoms with van der Waals surface area (Å²) in [5.74, 6) is -0.0140. The Bertz CT molecular complexity index is 924. The van der Waals surface area contributed by atoms with Crippen LogP contribution in [-0.4, -0.2) is 27.6 Å². The fraction of sp³-hybridized carbons (Fsp3) is 0.158. The van der Waals surface area contributed by atoms with Crippen molar-refractivity contribution >= 4 is 66.5 Å². The Kier molecular flexibility index (Phi) is 5.89. The van der Waals surface area contributed by atoms with Crippen LogP contribution >= 0.6 is 43.6 Å². The van der Waals surface area contributed by atoms with Crippen LogP contribution in [0.15, 0.2) is 55.2 Å². The second kappa shape index (κ2) is 7.98. The van der Waals surface area contributed by atoms with Crippen molar-refractivity contribution in [1.29, 1.82) is 0 Å². The fourth-order valence-electron chi connectivity index (χ4n) is 2.44. The minimum absolute atomic E-state index is 0.0982. The number of halogens is 2. The molecule has 0 aromatic heterocycles. The van der Waals surface area contributed by atoms with Crippen molar-refractivity contribution in [2.24, 2.45) is 4.99 Å². The van der Waals surface area contributed by atoms with Gasteiger partial charge in [-0.3, -0.25) is 9.69 Å². The van der Waals surface area contributed by atoms with Gasteiger partial charge in [-0.2, -0.15) is 0 Å². The molecule has 0 bridgehead atoms. The molecular weight excluding hydrogens is 480 g/mol. The van der Waals surface area contributed by atoms with E-state index in [0.29, 0.717) is 26.7 Å². The number of rotatable bonds is 3. The SMILES string of the molecule is CCN1C(=O)/C(=C\c2cc(Br)cc(Br)c2O)SC1=Nc1ccc(C)cc1. The van der Waals surface area contributed by atoms with Gasteiger partial charge in [0, 0.05) is 16.6 Å². The molecule has 0 unspecified atom stereocenters. The minimum Gasteiger partial charge on any atom is -0.506 e. The highest BCUT2D eigenvalue weighted by Gasteiger charge is 2.32. The Hall–Kier alpha value is -1.57. The first-order valence-electron chi connectivity index (χ1n) is 7.94. The van der Waals surface area contributed by atoms with E-state index in [2.05, 4.69) is 36.9 Å². The van der Waals surface area contributed by atoms with Crippen molar-refractivity contribution in [2.75, 3.05) is 6.54 Å². The molecule has 3 rings (SSSR count). The Morgan fingerprint density at radius 2 is 1.92 bits per heavy atom. The maximum absolute atomic E-state index is 12.7. The van der Waals surface area contributed by atoms with Crippen LogP contribution < -0.4 is 0 Å². The maximum Gasteiger partial charge on any atom is 0.266 e. The lowest BCUT2D eigenvalue weighted by atomic mass is 10.2. The zero-order valence-electron chi connectivity index (χ0n) is 14.2. The number of amides is 1. The number of nitrogens with zero attached hydrogens (tertiary/aromatic N) is 2. The number of aryl methyl sites for hydroxylation is 1. The second-order valence-corrected chi connectivity index (χ2v) is 8.49. The van der Waals surface area contributed by atoms with Gasteiger partial charge in [-0.15, -0.1) is 0 Å². The predicted molar refractivity (Wildman–Crippen MR) is 115 cm³/mol. The van der Waals surface area contributed by atoms with Gasteiger partial charge in [0.05, 0.1) is 15.1 Å². The number of hydrogen-bond donors (Lipinski definition) is 1. The number of aromatic hydroxyl groups is 1. The van der Waals surface area contributed by atoms with E-state index in [1.54, 1.807) is 23.1 Å². The quantitative estimate of drug-likeness (QED) is 0.543. The number of amidine groups is 1. The lowest BCUT2D eigenvalue weighted by Crippen LogP contribution is -2.28. The number of thioether (sulfide) groups is 1. The third kappa shape index (κ3) is 4.05. The zero-order chi connectivity index (χ0) is 18.8. The van der Waals surface area contributed by atoms with Gasteiger partial charge in [-0.25, -0.2) is 4.99 Å². The summed E-state index contributed by atoms with van der Waals surface area (Å²) < 4.78 is 1.38. The largest absolute Gasteiger partial charge is 0.506 e. The minimum atomic E-state index is -0.112. The van der Waals surface area contributed by atoms with Crippen LogP contribution in [0.5, 0.6) is 5.75 Å². The Balaban J connectivity index is 1.98. The third-order valence-corrected chi connectivity index (χ3v) is 5.88. The summed E-state index contributed by atoms with van der Waals surface area (Å²) in [4.78, 5) is 19.5. The van der Waals surface area contributed by atoms with Gasteiger partial charge >= 0.3 is 0 Å². The number of likely N-dealkylation sites (N-methyl/N-ethyl adjacent to an activating group) is 1. The molecule has 1 aliphatic rings. The van der Waals surface area contributed by atoms with E-state index in [9.17, 15) is 9.90 Å². The fourth-order valence-corrected chi connectivity index (χ4v) is 4.75. The van der Waals surface area contributed by atoms with Crippen molar-refractivity contribution in [2.45, 2.75) is 13.8 Å². The van der Waals surface area contributed by atoms with Crippen molar-refractivity contribution in [3.8, 4) is 5.75 Å². The van der Waals surface area contributed by atoms with E-state index in [4.69, 9.17) is 0 Å². The highest BCUT2D eigenvalue weighted by molar-refractivity contribution is 9.11. The summed E-state index contributed by atoms with van der Waals surface area (Å²) in [6, 6.07) is 11.4. The molecule has 1 fully saturated rings. The number of benzene rings is 2. The first-order valence-corrected chi connectivity index (χ1v) is 10.3. The van der Waals surface area contributed by atoms with Gasteiger partial charge in [-0.1, -0.05) is 33.6 Å². The third-order valence-electron chi connectivity index (χ3n) is 3.81. The summed E-state index contributed by atoms with van der Waals surface area (Å²) in [6.07, 6.45) is 1.69. The molecule has 0 atom stereocenters. The average Bonchev–Trinajstić information content (AvgIpc) is 2.89. The van der Waals surface area contributed by atoms with Gasteiger partial charge in [0.1, 0.15) is 5.75 Å². The summed E-state index contributed by atoms with van der Waals surface area (Å²) in [7, 11) is 0. The van der Waals surface area contributed by atoms with E-state index < -0.39 is 0 Å². The lowest BCUT2D eigenvalue weighted by molar-refractivity contribution is -0.122. The molecule has 4 nitrogen and oxygen atoms in total. The Labute approximate surface area is 173 Å². The molecule has 0 saturated carbocycles. The van der Waals surface area contributed by atoms with Crippen LogP contribution in [0.4, 0.5) is 5.69 Å². The zero-order valence-corrected chi connectivity index (χ0v) is 18.2. The number of carbonyl (C=O) groups excluding carboxylic acids is 1.